The van der Waals surface area contributed by atoms with Crippen molar-refractivity contribution in [3.63, 3.8) is 0 Å². The lowest BCUT2D eigenvalue weighted by Crippen LogP contribution is -2.14. The van der Waals surface area contributed by atoms with E-state index in [1.165, 1.54) is 0 Å². The fourth-order valence-corrected chi connectivity index (χ4v) is 7.52. The van der Waals surface area contributed by atoms with E-state index in [4.69, 9.17) is 39.0 Å². The van der Waals surface area contributed by atoms with Crippen LogP contribution >= 0.6 is 45.1 Å². The summed E-state index contributed by atoms with van der Waals surface area (Å²) in [4.78, 5) is 15.0. The minimum atomic E-state index is -2.50. The second kappa shape index (κ2) is 9.23. The third-order valence-electron chi connectivity index (χ3n) is 4.07. The highest BCUT2D eigenvalue weighted by Crippen LogP contribution is 2.72. The van der Waals surface area contributed by atoms with Crippen LogP contribution in [0.5, 0.6) is 0 Å². The van der Waals surface area contributed by atoms with Crippen molar-refractivity contribution in [3.05, 3.63) is 87.9 Å². The summed E-state index contributed by atoms with van der Waals surface area (Å²) < 4.78 is 6.27. The van der Waals surface area contributed by atoms with Crippen molar-refractivity contribution in [1.29, 1.82) is 0 Å². The van der Waals surface area contributed by atoms with Crippen LogP contribution < -0.4 is 0 Å². The molecule has 146 valence electrons. The molecule has 3 aromatic rings. The minimum Gasteiger partial charge on any atom is -0.402 e. The maximum Gasteiger partial charge on any atom is 0.317 e. The van der Waals surface area contributed by atoms with E-state index in [-0.39, 0.29) is 5.97 Å². The summed E-state index contributed by atoms with van der Waals surface area (Å²) in [5, 5.41) is 1.15. The average Bonchev–Trinajstić information content (AvgIpc) is 2.68. The van der Waals surface area contributed by atoms with Gasteiger partial charge in [-0.05, 0) is 53.1 Å². The Morgan fingerprint density at radius 1 is 0.857 bits per heavy atom. The van der Waals surface area contributed by atoms with E-state index in [2.05, 4.69) is 0 Å². The van der Waals surface area contributed by atoms with Gasteiger partial charge >= 0.3 is 5.97 Å². The molecule has 3 aromatic carbocycles. The highest BCUT2D eigenvalue weighted by atomic mass is 35.5. The molecule has 0 spiro atoms. The molecule has 28 heavy (non-hydrogen) atoms. The molecule has 0 saturated heterocycles. The number of hydrogen-bond donors (Lipinski definition) is 0. The zero-order valence-electron chi connectivity index (χ0n) is 15.2. The molecule has 0 N–H and O–H groups in total. The molecule has 0 radical (unpaired) electrons. The Kier molecular flexibility index (Phi) is 6.95. The lowest BCUT2D eigenvalue weighted by atomic mass is 10.3. The van der Waals surface area contributed by atoms with E-state index in [9.17, 15) is 4.79 Å². The third-order valence-corrected chi connectivity index (χ3v) is 8.43. The Balaban J connectivity index is 2.39. The number of carbonyl (C=O) groups excluding carboxylic acids is 1. The maximum atomic E-state index is 12.8. The number of benzene rings is 3. The molecule has 0 aliphatic carbocycles. The zero-order valence-corrected chi connectivity index (χ0v) is 18.3. The molecule has 0 saturated carbocycles. The number of rotatable bonds is 6. The quantitative estimate of drug-likeness (QED) is 0.376. The lowest BCUT2D eigenvalue weighted by molar-refractivity contribution is -0.133. The highest BCUT2D eigenvalue weighted by Gasteiger charge is 2.39. The molecule has 0 aliphatic rings. The van der Waals surface area contributed by atoms with Crippen molar-refractivity contribution in [3.8, 4) is 0 Å². The molecular weight excluding hydrogens is 435 g/mol. The van der Waals surface area contributed by atoms with Gasteiger partial charge in [0.15, 0.2) is 0 Å². The van der Waals surface area contributed by atoms with E-state index >= 15 is 0 Å². The van der Waals surface area contributed by atoms with Crippen LogP contribution in [-0.2, 0) is 8.98 Å². The molecule has 0 bridgehead atoms. The molecule has 6 heteroatoms. The number of hydrogen-bond acceptors (Lipinski definition) is 2. The largest absolute Gasteiger partial charge is 0.402 e. The average molecular weight is 454 g/mol. The molecule has 0 amide bonds. The van der Waals surface area contributed by atoms with Crippen molar-refractivity contribution >= 4 is 51.1 Å². The highest BCUT2D eigenvalue weighted by molar-refractivity contribution is 8.30. The summed E-state index contributed by atoms with van der Waals surface area (Å²) in [6, 6.07) is 22.5. The van der Waals surface area contributed by atoms with Gasteiger partial charge in [0, 0.05) is 21.2 Å². The molecule has 0 heterocycles. The first-order valence-electron chi connectivity index (χ1n) is 8.79. The first kappa shape index (κ1) is 21.1. The number of carbonyl (C=O) groups is 1. The molecular formula is C22H19Cl3O2S. The smallest absolute Gasteiger partial charge is 0.317 e. The van der Waals surface area contributed by atoms with E-state index in [1.807, 2.05) is 67.6 Å². The summed E-state index contributed by atoms with van der Waals surface area (Å²) in [5.41, 5.74) is 0. The van der Waals surface area contributed by atoms with E-state index in [1.54, 1.807) is 12.1 Å². The van der Waals surface area contributed by atoms with Gasteiger partial charge in [-0.25, -0.2) is 0 Å². The Labute approximate surface area is 181 Å². The van der Waals surface area contributed by atoms with Gasteiger partial charge in [0.25, 0.3) is 0 Å². The van der Waals surface area contributed by atoms with Crippen molar-refractivity contribution in [1.82, 2.24) is 0 Å². The predicted molar refractivity (Wildman–Crippen MR) is 118 cm³/mol. The van der Waals surface area contributed by atoms with Crippen molar-refractivity contribution < 1.29 is 8.98 Å². The van der Waals surface area contributed by atoms with Gasteiger partial charge in [0.05, 0.1) is 14.9 Å². The van der Waals surface area contributed by atoms with Gasteiger partial charge in [-0.15, -0.1) is 0 Å². The monoisotopic (exact) mass is 452 g/mol. The Hall–Kier alpha value is -1.65. The van der Waals surface area contributed by atoms with Gasteiger partial charge < -0.3 is 4.18 Å². The zero-order chi connectivity index (χ0) is 20.1. The number of halogens is 3. The summed E-state index contributed by atoms with van der Waals surface area (Å²) in [6.07, 6.45) is 0.983. The fraction of sp³-hybridized carbons (Fsp3) is 0.136. The fourth-order valence-electron chi connectivity index (χ4n) is 2.92. The second-order valence-electron chi connectivity index (χ2n) is 6.09. The summed E-state index contributed by atoms with van der Waals surface area (Å²) in [6.45, 7) is 1.94. The molecule has 2 nitrogen and oxygen atoms in total. The van der Waals surface area contributed by atoms with Gasteiger partial charge in [0.2, 0.25) is 0 Å². The van der Waals surface area contributed by atoms with Crippen LogP contribution in [0.25, 0.3) is 0 Å². The van der Waals surface area contributed by atoms with Crippen LogP contribution in [0, 0.1) is 0 Å². The molecule has 0 atom stereocenters. The predicted octanol–water partition coefficient (Wildman–Crippen LogP) is 8.19. The molecule has 3 rings (SSSR count). The molecule has 0 aromatic heterocycles. The summed E-state index contributed by atoms with van der Waals surface area (Å²) in [7, 11) is -2.50. The second-order valence-corrected chi connectivity index (χ2v) is 9.97. The van der Waals surface area contributed by atoms with E-state index < -0.39 is 10.3 Å². The Morgan fingerprint density at radius 3 is 1.75 bits per heavy atom. The lowest BCUT2D eigenvalue weighted by Gasteiger charge is -2.40. The minimum absolute atomic E-state index is 0.299. The Bertz CT molecular complexity index is 900. The van der Waals surface area contributed by atoms with Gasteiger partial charge in [-0.1, -0.05) is 78.1 Å². The van der Waals surface area contributed by atoms with E-state index in [0.717, 1.165) is 9.79 Å². The summed E-state index contributed by atoms with van der Waals surface area (Å²) in [5.74, 6) is -0.299. The van der Waals surface area contributed by atoms with Crippen LogP contribution in [0.1, 0.15) is 19.8 Å². The topological polar surface area (TPSA) is 26.3 Å². The summed E-state index contributed by atoms with van der Waals surface area (Å²) >= 11 is 19.4. The van der Waals surface area contributed by atoms with Gasteiger partial charge in [-0.3, -0.25) is 4.79 Å². The Morgan fingerprint density at radius 2 is 1.32 bits per heavy atom. The van der Waals surface area contributed by atoms with Crippen LogP contribution in [0.2, 0.25) is 15.1 Å². The van der Waals surface area contributed by atoms with Crippen LogP contribution in [-0.4, -0.2) is 5.97 Å². The molecule has 0 fully saturated rings. The SMILES string of the molecule is CCCC(=O)OS(c1ccccc1)(c1ccccc1)c1c(Cl)cc(Cl)cc1Cl. The molecule has 0 aliphatic heterocycles. The molecule has 0 unspecified atom stereocenters. The van der Waals surface area contributed by atoms with E-state index in [0.29, 0.717) is 32.8 Å². The maximum absolute atomic E-state index is 12.8. The van der Waals surface area contributed by atoms with Crippen molar-refractivity contribution in [2.24, 2.45) is 0 Å². The van der Waals surface area contributed by atoms with Crippen molar-refractivity contribution in [2.45, 2.75) is 34.5 Å². The van der Waals surface area contributed by atoms with Crippen LogP contribution in [0.4, 0.5) is 0 Å². The first-order chi connectivity index (χ1) is 13.5. The third kappa shape index (κ3) is 4.18. The normalized spacial score (nSPS) is 11.9. The standard InChI is InChI=1S/C22H19Cl3O2S/c1-2-9-21(26)27-28(17-10-5-3-6-11-17,18-12-7-4-8-13-18)22-19(24)14-16(23)15-20(22)25/h3-8,10-15H,2,9H2,1H3. The first-order valence-corrected chi connectivity index (χ1v) is 11.5. The van der Waals surface area contributed by atoms with Crippen LogP contribution in [0.15, 0.2) is 87.5 Å². The van der Waals surface area contributed by atoms with Gasteiger partial charge in [0.1, 0.15) is 0 Å². The van der Waals surface area contributed by atoms with Crippen LogP contribution in [0.3, 0.4) is 0 Å². The van der Waals surface area contributed by atoms with Crippen molar-refractivity contribution in [2.75, 3.05) is 0 Å². The van der Waals surface area contributed by atoms with Gasteiger partial charge in [-0.2, -0.15) is 0 Å².